The summed E-state index contributed by atoms with van der Waals surface area (Å²) < 4.78 is 7.72. The topological polar surface area (TPSA) is 67.0 Å². The van der Waals surface area contributed by atoms with E-state index < -0.39 is 0 Å². The van der Waals surface area contributed by atoms with Gasteiger partial charge in [-0.1, -0.05) is 54.6 Å². The molecule has 7 heteroatoms. The van der Waals surface area contributed by atoms with Crippen LogP contribution >= 0.6 is 0 Å². The number of para-hydroxylation sites is 3. The molecular formula is C34H30N6O. The van der Waals surface area contributed by atoms with Crippen molar-refractivity contribution in [2.75, 3.05) is 16.8 Å². The third-order valence-corrected chi connectivity index (χ3v) is 7.43. The lowest BCUT2D eigenvalue weighted by atomic mass is 9.93. The van der Waals surface area contributed by atoms with Crippen LogP contribution < -0.4 is 15.0 Å². The molecule has 7 nitrogen and oxygen atoms in total. The molecule has 1 atom stereocenters. The Bertz CT molecular complexity index is 1800. The molecule has 7 rings (SSSR count). The van der Waals surface area contributed by atoms with Crippen molar-refractivity contribution in [2.45, 2.75) is 26.8 Å². The van der Waals surface area contributed by atoms with E-state index in [0.29, 0.717) is 12.4 Å². The van der Waals surface area contributed by atoms with Crippen molar-refractivity contribution in [3.05, 3.63) is 126 Å². The molecule has 2 aliphatic rings. The van der Waals surface area contributed by atoms with Crippen LogP contribution in [0.5, 0.6) is 5.75 Å². The normalized spacial score (nSPS) is 15.3. The van der Waals surface area contributed by atoms with Crippen molar-refractivity contribution >= 4 is 34.6 Å². The third kappa shape index (κ3) is 4.36. The second kappa shape index (κ2) is 10.1. The molecule has 5 aromatic rings. The van der Waals surface area contributed by atoms with Crippen molar-refractivity contribution in [3.8, 4) is 11.4 Å². The van der Waals surface area contributed by atoms with E-state index in [4.69, 9.17) is 19.8 Å². The van der Waals surface area contributed by atoms with Crippen molar-refractivity contribution in [1.82, 2.24) is 9.78 Å². The number of fused-ring (bicyclic) bond motifs is 4. The van der Waals surface area contributed by atoms with Gasteiger partial charge in [0.05, 0.1) is 35.4 Å². The van der Waals surface area contributed by atoms with E-state index in [1.165, 1.54) is 5.56 Å². The largest absolute Gasteiger partial charge is 0.494 e. The molecular weight excluding hydrogens is 508 g/mol. The number of nitrogens with zero attached hydrogens (tertiary/aromatic N) is 5. The zero-order valence-corrected chi connectivity index (χ0v) is 23.2. The summed E-state index contributed by atoms with van der Waals surface area (Å²) >= 11 is 0. The van der Waals surface area contributed by atoms with E-state index in [-0.39, 0.29) is 6.04 Å². The first-order chi connectivity index (χ1) is 20.1. The van der Waals surface area contributed by atoms with Gasteiger partial charge in [0.25, 0.3) is 0 Å². The number of ether oxygens (including phenoxy) is 1. The average molecular weight is 539 g/mol. The van der Waals surface area contributed by atoms with E-state index in [9.17, 15) is 0 Å². The van der Waals surface area contributed by atoms with Gasteiger partial charge in [0.2, 0.25) is 0 Å². The van der Waals surface area contributed by atoms with Gasteiger partial charge in [0.1, 0.15) is 5.75 Å². The van der Waals surface area contributed by atoms with Crippen LogP contribution in [0.15, 0.2) is 113 Å². The summed E-state index contributed by atoms with van der Waals surface area (Å²) in [6, 6.07) is 34.9. The molecule has 1 unspecified atom stereocenters. The number of aliphatic imine (C=N–C) groups is 2. The first kappa shape index (κ1) is 24.8. The highest BCUT2D eigenvalue weighted by Gasteiger charge is 2.41. The summed E-state index contributed by atoms with van der Waals surface area (Å²) in [5, 5.41) is 8.60. The molecule has 0 fully saturated rings. The van der Waals surface area contributed by atoms with Gasteiger partial charge in [-0.3, -0.25) is 0 Å². The maximum absolute atomic E-state index is 5.78. The first-order valence-corrected chi connectivity index (χ1v) is 13.9. The molecule has 41 heavy (non-hydrogen) atoms. The van der Waals surface area contributed by atoms with Crippen LogP contribution in [0, 0.1) is 13.8 Å². The fourth-order valence-corrected chi connectivity index (χ4v) is 5.63. The number of rotatable bonds is 5. The van der Waals surface area contributed by atoms with Crippen LogP contribution in [-0.2, 0) is 0 Å². The van der Waals surface area contributed by atoms with E-state index in [1.807, 2.05) is 54.1 Å². The number of benzene rings is 4. The number of amidine groups is 2. The lowest BCUT2D eigenvalue weighted by Crippen LogP contribution is -2.46. The molecule has 4 aromatic carbocycles. The third-order valence-electron chi connectivity index (χ3n) is 7.43. The maximum Gasteiger partial charge on any atom is 0.179 e. The average Bonchev–Trinajstić information content (AvgIpc) is 3.33. The van der Waals surface area contributed by atoms with E-state index in [2.05, 4.69) is 84.7 Å². The van der Waals surface area contributed by atoms with Crippen molar-refractivity contribution in [1.29, 1.82) is 0 Å². The monoisotopic (exact) mass is 538 g/mol. The maximum atomic E-state index is 5.78. The molecule has 0 saturated heterocycles. The van der Waals surface area contributed by atoms with E-state index in [0.717, 1.165) is 57.0 Å². The first-order valence-electron chi connectivity index (χ1n) is 13.9. The van der Waals surface area contributed by atoms with Crippen LogP contribution in [0.3, 0.4) is 0 Å². The highest BCUT2D eigenvalue weighted by atomic mass is 16.5. The lowest BCUT2D eigenvalue weighted by molar-refractivity contribution is 0.340. The molecule has 0 radical (unpaired) electrons. The second-order valence-corrected chi connectivity index (χ2v) is 10.2. The van der Waals surface area contributed by atoms with Gasteiger partial charge in [-0.25, -0.2) is 14.7 Å². The Labute approximate surface area is 239 Å². The fraction of sp³-hybridized carbons (Fsp3) is 0.147. The summed E-state index contributed by atoms with van der Waals surface area (Å²) in [7, 11) is 0. The minimum atomic E-state index is -0.184. The predicted molar refractivity (Wildman–Crippen MR) is 166 cm³/mol. The minimum absolute atomic E-state index is 0.184. The molecule has 202 valence electrons. The Morgan fingerprint density at radius 2 is 1.61 bits per heavy atom. The molecule has 0 spiro atoms. The number of nitrogens with one attached hydrogen (secondary N) is 1. The standard InChI is InChI=1S/C34H30N6O/c1-4-41-27-19-17-24(18-20-27)31-30-23(3)38-40(26-13-6-5-7-14-26)33(30)37-34-32(35-25-12-10-11-22(2)21-25)36-28-15-8-9-16-29(28)39(31)34/h5-21,31H,4H2,1-3H3,(H,35,36). The van der Waals surface area contributed by atoms with Crippen LogP contribution in [0.4, 0.5) is 22.9 Å². The second-order valence-electron chi connectivity index (χ2n) is 10.2. The van der Waals surface area contributed by atoms with Gasteiger partial charge in [-0.15, -0.1) is 0 Å². The summed E-state index contributed by atoms with van der Waals surface area (Å²) in [6.45, 7) is 6.77. The highest BCUT2D eigenvalue weighted by Crippen LogP contribution is 2.48. The Balaban J connectivity index is 1.47. The Morgan fingerprint density at radius 3 is 2.39 bits per heavy atom. The SMILES string of the molecule is CCOc1ccc(C2c3c(C)nn(-c4ccccc4)c3N=C3C(Nc4cccc(C)c4)=Nc4ccccc4N32)cc1. The van der Waals surface area contributed by atoms with Gasteiger partial charge in [-0.2, -0.15) is 5.10 Å². The van der Waals surface area contributed by atoms with Crippen LogP contribution in [0.2, 0.25) is 0 Å². The van der Waals surface area contributed by atoms with Crippen molar-refractivity contribution < 1.29 is 4.74 Å². The molecule has 1 N–H and O–H groups in total. The number of hydrogen-bond donors (Lipinski definition) is 1. The van der Waals surface area contributed by atoms with Crippen LogP contribution in [-0.4, -0.2) is 28.1 Å². The Hall–Kier alpha value is -5.17. The van der Waals surface area contributed by atoms with Gasteiger partial charge in [0, 0.05) is 11.3 Å². The zero-order chi connectivity index (χ0) is 27.9. The van der Waals surface area contributed by atoms with Gasteiger partial charge < -0.3 is 15.0 Å². The van der Waals surface area contributed by atoms with Crippen molar-refractivity contribution in [2.24, 2.45) is 9.98 Å². The van der Waals surface area contributed by atoms with Gasteiger partial charge in [0.15, 0.2) is 17.5 Å². The Morgan fingerprint density at radius 1 is 0.829 bits per heavy atom. The number of aromatic nitrogens is 2. The highest BCUT2D eigenvalue weighted by molar-refractivity contribution is 6.51. The zero-order valence-electron chi connectivity index (χ0n) is 23.2. The number of anilines is 2. The molecule has 0 amide bonds. The molecule has 3 heterocycles. The van der Waals surface area contributed by atoms with Crippen LogP contribution in [0.25, 0.3) is 5.69 Å². The lowest BCUT2D eigenvalue weighted by Gasteiger charge is -2.40. The molecule has 1 aromatic heterocycles. The number of aryl methyl sites for hydroxylation is 2. The molecule has 0 saturated carbocycles. The molecule has 0 aliphatic carbocycles. The minimum Gasteiger partial charge on any atom is -0.494 e. The fourth-order valence-electron chi connectivity index (χ4n) is 5.63. The van der Waals surface area contributed by atoms with Gasteiger partial charge in [-0.05, 0) is 80.4 Å². The quantitative estimate of drug-likeness (QED) is 0.249. The predicted octanol–water partition coefficient (Wildman–Crippen LogP) is 7.68. The summed E-state index contributed by atoms with van der Waals surface area (Å²) in [5.41, 5.74) is 8.08. The smallest absolute Gasteiger partial charge is 0.179 e. The Kier molecular flexibility index (Phi) is 6.12. The number of hydrogen-bond acceptors (Lipinski definition) is 6. The van der Waals surface area contributed by atoms with Crippen LogP contribution in [0.1, 0.15) is 35.3 Å². The summed E-state index contributed by atoms with van der Waals surface area (Å²) in [5.74, 6) is 3.08. The van der Waals surface area contributed by atoms with Gasteiger partial charge >= 0.3 is 0 Å². The van der Waals surface area contributed by atoms with Crippen molar-refractivity contribution in [3.63, 3.8) is 0 Å². The molecule has 0 bridgehead atoms. The summed E-state index contributed by atoms with van der Waals surface area (Å²) in [4.78, 5) is 12.7. The van der Waals surface area contributed by atoms with E-state index in [1.54, 1.807) is 0 Å². The molecule has 2 aliphatic heterocycles. The van der Waals surface area contributed by atoms with E-state index >= 15 is 0 Å². The summed E-state index contributed by atoms with van der Waals surface area (Å²) in [6.07, 6.45) is 0.